The standard InChI is InChI=1S/C14H20N2O2/c1-9-6-7-12-11(8-9)13(16-18-12)14(17)15-10-4-2-3-5-10/h9-10H,2-8H2,1H3,(H,15,17). The Balaban J connectivity index is 1.75. The third kappa shape index (κ3) is 2.16. The number of amides is 1. The predicted octanol–water partition coefficient (Wildman–Crippen LogP) is 2.47. The molecule has 0 aromatic carbocycles. The lowest BCUT2D eigenvalue weighted by atomic mass is 9.88. The fourth-order valence-corrected chi connectivity index (χ4v) is 3.08. The maximum absolute atomic E-state index is 12.2. The van der Waals surface area contributed by atoms with Gasteiger partial charge in [-0.3, -0.25) is 4.79 Å². The predicted molar refractivity (Wildman–Crippen MR) is 67.4 cm³/mol. The summed E-state index contributed by atoms with van der Waals surface area (Å²) in [5.41, 5.74) is 1.58. The molecule has 18 heavy (non-hydrogen) atoms. The molecule has 3 rings (SSSR count). The molecule has 2 aliphatic carbocycles. The second-order valence-corrected chi connectivity index (χ2v) is 5.74. The van der Waals surface area contributed by atoms with E-state index < -0.39 is 0 Å². The number of carbonyl (C=O) groups is 1. The minimum atomic E-state index is -0.0407. The highest BCUT2D eigenvalue weighted by molar-refractivity contribution is 5.94. The van der Waals surface area contributed by atoms with E-state index in [4.69, 9.17) is 4.52 Å². The van der Waals surface area contributed by atoms with Crippen LogP contribution in [-0.4, -0.2) is 17.1 Å². The van der Waals surface area contributed by atoms with Crippen molar-refractivity contribution in [2.24, 2.45) is 5.92 Å². The van der Waals surface area contributed by atoms with Crippen LogP contribution in [0.1, 0.15) is 60.8 Å². The molecule has 1 atom stereocenters. The van der Waals surface area contributed by atoms with Gasteiger partial charge in [-0.15, -0.1) is 0 Å². The monoisotopic (exact) mass is 248 g/mol. The van der Waals surface area contributed by atoms with Gasteiger partial charge < -0.3 is 9.84 Å². The molecule has 4 heteroatoms. The Bertz CT molecular complexity index is 447. The van der Waals surface area contributed by atoms with E-state index in [0.29, 0.717) is 17.7 Å². The lowest BCUT2D eigenvalue weighted by Crippen LogP contribution is -2.33. The number of fused-ring (bicyclic) bond motifs is 1. The third-order valence-corrected chi connectivity index (χ3v) is 4.19. The number of carbonyl (C=O) groups excluding carboxylic acids is 1. The van der Waals surface area contributed by atoms with Crippen molar-refractivity contribution in [3.8, 4) is 0 Å². The summed E-state index contributed by atoms with van der Waals surface area (Å²) < 4.78 is 5.31. The average Bonchev–Trinajstić information content (AvgIpc) is 2.97. The molecule has 1 aromatic heterocycles. The van der Waals surface area contributed by atoms with Crippen LogP contribution in [0.25, 0.3) is 0 Å². The molecule has 1 heterocycles. The topological polar surface area (TPSA) is 55.1 Å². The molecule has 98 valence electrons. The van der Waals surface area contributed by atoms with Crippen LogP contribution in [0.5, 0.6) is 0 Å². The van der Waals surface area contributed by atoms with Gasteiger partial charge in [-0.25, -0.2) is 0 Å². The van der Waals surface area contributed by atoms with Gasteiger partial charge in [-0.1, -0.05) is 24.9 Å². The molecule has 4 nitrogen and oxygen atoms in total. The van der Waals surface area contributed by atoms with Crippen LogP contribution in [0.3, 0.4) is 0 Å². The zero-order chi connectivity index (χ0) is 12.5. The third-order valence-electron chi connectivity index (χ3n) is 4.19. The van der Waals surface area contributed by atoms with Gasteiger partial charge in [0.05, 0.1) is 0 Å². The van der Waals surface area contributed by atoms with Gasteiger partial charge in [0.2, 0.25) is 0 Å². The Morgan fingerprint density at radius 3 is 2.89 bits per heavy atom. The molecule has 0 saturated heterocycles. The van der Waals surface area contributed by atoms with Crippen LogP contribution in [0.15, 0.2) is 4.52 Å². The van der Waals surface area contributed by atoms with Crippen LogP contribution in [0.2, 0.25) is 0 Å². The normalized spacial score (nSPS) is 23.9. The number of hydrogen-bond acceptors (Lipinski definition) is 3. The molecule has 1 saturated carbocycles. The average molecular weight is 248 g/mol. The smallest absolute Gasteiger partial charge is 0.273 e. The fourth-order valence-electron chi connectivity index (χ4n) is 3.08. The Morgan fingerprint density at radius 2 is 2.11 bits per heavy atom. The van der Waals surface area contributed by atoms with E-state index in [1.807, 2.05) is 0 Å². The van der Waals surface area contributed by atoms with Crippen molar-refractivity contribution < 1.29 is 9.32 Å². The molecule has 1 unspecified atom stereocenters. The van der Waals surface area contributed by atoms with Crippen LogP contribution in [0.4, 0.5) is 0 Å². The van der Waals surface area contributed by atoms with Crippen molar-refractivity contribution in [3.05, 3.63) is 17.0 Å². The first-order valence-corrected chi connectivity index (χ1v) is 7.02. The number of hydrogen-bond donors (Lipinski definition) is 1. The summed E-state index contributed by atoms with van der Waals surface area (Å²) >= 11 is 0. The van der Waals surface area contributed by atoms with Crippen molar-refractivity contribution in [3.63, 3.8) is 0 Å². The Hall–Kier alpha value is -1.32. The molecule has 1 fully saturated rings. The largest absolute Gasteiger partial charge is 0.360 e. The molecule has 2 aliphatic rings. The second kappa shape index (κ2) is 4.75. The molecular weight excluding hydrogens is 228 g/mol. The number of aromatic nitrogens is 1. The Labute approximate surface area is 107 Å². The van der Waals surface area contributed by atoms with Crippen LogP contribution >= 0.6 is 0 Å². The summed E-state index contributed by atoms with van der Waals surface area (Å²) in [6.07, 6.45) is 7.61. The van der Waals surface area contributed by atoms with Crippen molar-refractivity contribution in [1.82, 2.24) is 10.5 Å². The van der Waals surface area contributed by atoms with E-state index in [1.165, 1.54) is 12.8 Å². The highest BCUT2D eigenvalue weighted by Crippen LogP contribution is 2.28. The number of nitrogens with one attached hydrogen (secondary N) is 1. The summed E-state index contributed by atoms with van der Waals surface area (Å²) in [4.78, 5) is 12.2. The lowest BCUT2D eigenvalue weighted by Gasteiger charge is -2.17. The van der Waals surface area contributed by atoms with E-state index in [0.717, 1.165) is 43.4 Å². The van der Waals surface area contributed by atoms with Gasteiger partial charge in [-0.05, 0) is 31.6 Å². The first kappa shape index (κ1) is 11.8. The minimum Gasteiger partial charge on any atom is -0.360 e. The molecule has 1 amide bonds. The van der Waals surface area contributed by atoms with Gasteiger partial charge in [0.15, 0.2) is 5.69 Å². The van der Waals surface area contributed by atoms with E-state index >= 15 is 0 Å². The van der Waals surface area contributed by atoms with Crippen molar-refractivity contribution >= 4 is 5.91 Å². The summed E-state index contributed by atoms with van der Waals surface area (Å²) in [6.45, 7) is 2.22. The highest BCUT2D eigenvalue weighted by atomic mass is 16.5. The van der Waals surface area contributed by atoms with E-state index in [-0.39, 0.29) is 5.91 Å². The SMILES string of the molecule is CC1CCc2onc(C(=O)NC3CCCC3)c2C1. The van der Waals surface area contributed by atoms with Gasteiger partial charge in [0.1, 0.15) is 5.76 Å². The lowest BCUT2D eigenvalue weighted by molar-refractivity contribution is 0.0928. The van der Waals surface area contributed by atoms with Crippen molar-refractivity contribution in [2.75, 3.05) is 0 Å². The highest BCUT2D eigenvalue weighted by Gasteiger charge is 2.28. The molecule has 0 bridgehead atoms. The quantitative estimate of drug-likeness (QED) is 0.874. The van der Waals surface area contributed by atoms with E-state index in [9.17, 15) is 4.79 Å². The number of rotatable bonds is 2. The first-order chi connectivity index (χ1) is 8.74. The van der Waals surface area contributed by atoms with E-state index in [2.05, 4.69) is 17.4 Å². The molecule has 0 aliphatic heterocycles. The zero-order valence-corrected chi connectivity index (χ0v) is 10.9. The van der Waals surface area contributed by atoms with Gasteiger partial charge in [-0.2, -0.15) is 0 Å². The second-order valence-electron chi connectivity index (χ2n) is 5.74. The Kier molecular flexibility index (Phi) is 3.10. The molecular formula is C14H20N2O2. The summed E-state index contributed by atoms with van der Waals surface area (Å²) in [5, 5.41) is 7.07. The van der Waals surface area contributed by atoms with Crippen LogP contribution in [0, 0.1) is 5.92 Å². The molecule has 1 aromatic rings. The number of nitrogens with zero attached hydrogens (tertiary/aromatic N) is 1. The number of aryl methyl sites for hydroxylation is 1. The fraction of sp³-hybridized carbons (Fsp3) is 0.714. The maximum atomic E-state index is 12.2. The minimum absolute atomic E-state index is 0.0407. The van der Waals surface area contributed by atoms with Gasteiger partial charge >= 0.3 is 0 Å². The Morgan fingerprint density at radius 1 is 1.33 bits per heavy atom. The first-order valence-electron chi connectivity index (χ1n) is 7.02. The van der Waals surface area contributed by atoms with Crippen LogP contribution in [-0.2, 0) is 12.8 Å². The molecule has 1 N–H and O–H groups in total. The maximum Gasteiger partial charge on any atom is 0.273 e. The van der Waals surface area contributed by atoms with E-state index in [1.54, 1.807) is 0 Å². The van der Waals surface area contributed by atoms with Gasteiger partial charge in [0, 0.05) is 18.0 Å². The summed E-state index contributed by atoms with van der Waals surface area (Å²) in [5.74, 6) is 1.50. The molecule has 0 spiro atoms. The van der Waals surface area contributed by atoms with Gasteiger partial charge in [0.25, 0.3) is 5.91 Å². The zero-order valence-electron chi connectivity index (χ0n) is 10.9. The summed E-state index contributed by atoms with van der Waals surface area (Å²) in [6, 6.07) is 0.339. The van der Waals surface area contributed by atoms with Crippen LogP contribution < -0.4 is 5.32 Å². The molecule has 0 radical (unpaired) electrons. The van der Waals surface area contributed by atoms with Crippen molar-refractivity contribution in [2.45, 2.75) is 57.9 Å². The van der Waals surface area contributed by atoms with Crippen molar-refractivity contribution in [1.29, 1.82) is 0 Å². The summed E-state index contributed by atoms with van der Waals surface area (Å²) in [7, 11) is 0.